The summed E-state index contributed by atoms with van der Waals surface area (Å²) >= 11 is 0. The second-order valence-electron chi connectivity index (χ2n) is 7.87. The summed E-state index contributed by atoms with van der Waals surface area (Å²) in [7, 11) is -3.34. The van der Waals surface area contributed by atoms with E-state index in [-0.39, 0.29) is 28.5 Å². The van der Waals surface area contributed by atoms with Crippen LogP contribution in [0, 0.1) is 0 Å². The Morgan fingerprint density at radius 2 is 1.65 bits per heavy atom. The Morgan fingerprint density at radius 1 is 0.973 bits per heavy atom. The Morgan fingerprint density at radius 3 is 2.30 bits per heavy atom. The van der Waals surface area contributed by atoms with Gasteiger partial charge in [-0.3, -0.25) is 4.79 Å². The number of sulfone groups is 1. The van der Waals surface area contributed by atoms with Gasteiger partial charge in [0.15, 0.2) is 9.84 Å². The Hall–Kier alpha value is -4.19. The molecule has 0 aliphatic heterocycles. The molecule has 1 amide bonds. The molecule has 0 spiro atoms. The molecule has 4 aromatic rings. The number of amides is 1. The zero-order valence-corrected chi connectivity index (χ0v) is 20.3. The summed E-state index contributed by atoms with van der Waals surface area (Å²) in [5.41, 5.74) is 1.79. The lowest BCUT2D eigenvalue weighted by atomic mass is 10.0. The van der Waals surface area contributed by atoms with Gasteiger partial charge in [-0.15, -0.1) is 13.2 Å². The number of hydrogen-bond donors (Lipinski definition) is 1. The molecule has 0 saturated heterocycles. The van der Waals surface area contributed by atoms with Crippen LogP contribution >= 0.6 is 0 Å². The van der Waals surface area contributed by atoms with E-state index in [1.165, 1.54) is 59.7 Å². The second kappa shape index (κ2) is 10.4. The van der Waals surface area contributed by atoms with Gasteiger partial charge in [0, 0.05) is 16.8 Å². The van der Waals surface area contributed by atoms with Crippen LogP contribution in [0.4, 0.5) is 18.9 Å². The summed E-state index contributed by atoms with van der Waals surface area (Å²) in [6.45, 7) is 1.55. The molecule has 0 atom stereocenters. The highest BCUT2D eigenvalue weighted by atomic mass is 32.2. The van der Waals surface area contributed by atoms with Crippen LogP contribution in [-0.2, 0) is 21.1 Å². The Labute approximate surface area is 210 Å². The number of nitrogens with zero attached hydrogens (tertiary/aromatic N) is 3. The molecule has 0 unspecified atom stereocenters. The largest absolute Gasteiger partial charge is 0.573 e. The third-order valence-electron chi connectivity index (χ3n) is 5.35. The number of halogens is 3. The highest BCUT2D eigenvalue weighted by Crippen LogP contribution is 2.37. The van der Waals surface area contributed by atoms with E-state index in [0.29, 0.717) is 22.5 Å². The summed E-state index contributed by atoms with van der Waals surface area (Å²) in [5.74, 6) is -0.795. The van der Waals surface area contributed by atoms with Crippen molar-refractivity contribution in [2.75, 3.05) is 11.1 Å². The highest BCUT2D eigenvalue weighted by molar-refractivity contribution is 7.91. The van der Waals surface area contributed by atoms with Crippen LogP contribution in [0.15, 0.2) is 84.0 Å². The zero-order valence-electron chi connectivity index (χ0n) is 19.4. The van der Waals surface area contributed by atoms with Gasteiger partial charge in [-0.2, -0.15) is 15.0 Å². The minimum atomic E-state index is -4.88. The average Bonchev–Trinajstić information content (AvgIpc) is 3.39. The van der Waals surface area contributed by atoms with Crippen LogP contribution in [0.3, 0.4) is 0 Å². The van der Waals surface area contributed by atoms with Crippen molar-refractivity contribution in [2.24, 2.45) is 0 Å². The molecule has 192 valence electrons. The number of nitrogens with one attached hydrogen (secondary N) is 1. The molecule has 0 aliphatic carbocycles. The van der Waals surface area contributed by atoms with Crippen LogP contribution in [0.1, 0.15) is 12.5 Å². The van der Waals surface area contributed by atoms with Crippen molar-refractivity contribution in [3.05, 3.63) is 84.7 Å². The molecule has 8 nitrogen and oxygen atoms in total. The van der Waals surface area contributed by atoms with Crippen LogP contribution < -0.4 is 10.1 Å². The van der Waals surface area contributed by atoms with Crippen molar-refractivity contribution in [1.82, 2.24) is 15.0 Å². The highest BCUT2D eigenvalue weighted by Gasteiger charge is 2.32. The molecular formula is C25H21F3N4O4S. The van der Waals surface area contributed by atoms with Gasteiger partial charge < -0.3 is 10.1 Å². The van der Waals surface area contributed by atoms with Crippen LogP contribution in [0.2, 0.25) is 0 Å². The van der Waals surface area contributed by atoms with Crippen LogP contribution in [0.25, 0.3) is 16.8 Å². The number of para-hydroxylation sites is 1. The Bertz CT molecular complexity index is 1500. The molecule has 0 fully saturated rings. The number of carbonyl (C=O) groups excluding carboxylic acids is 1. The first kappa shape index (κ1) is 25.9. The summed E-state index contributed by atoms with van der Waals surface area (Å²) in [4.78, 5) is 14.1. The van der Waals surface area contributed by atoms with Gasteiger partial charge in [-0.05, 0) is 42.0 Å². The summed E-state index contributed by atoms with van der Waals surface area (Å²) in [5, 5.41) is 10.9. The second-order valence-corrected chi connectivity index (χ2v) is 10.1. The number of anilines is 1. The molecule has 3 aromatic carbocycles. The van der Waals surface area contributed by atoms with Crippen molar-refractivity contribution < 1.29 is 31.1 Å². The Balaban J connectivity index is 1.61. The fraction of sp³-hybridized carbons (Fsp3) is 0.160. The average molecular weight is 531 g/mol. The van der Waals surface area contributed by atoms with Crippen molar-refractivity contribution in [1.29, 1.82) is 0 Å². The SMILES string of the molecule is CCS(=O)(=O)c1ccc(CC(=O)Nc2ccc(-c3ccccc3OC(F)(F)F)c(-n3nccn3)c2)cc1. The number of aromatic nitrogens is 3. The van der Waals surface area contributed by atoms with E-state index < -0.39 is 21.9 Å². The standard InChI is InChI=1S/C25H21F3N4O4S/c1-2-37(34,35)19-10-7-17(8-11-19)15-24(33)31-18-9-12-20(22(16-18)32-29-13-14-30-32)21-5-3-4-6-23(21)36-25(26,27)28/h3-14,16H,2,15H2,1H3,(H,31,33). The lowest BCUT2D eigenvalue weighted by Gasteiger charge is -2.16. The number of ether oxygens (including phenoxy) is 1. The van der Waals surface area contributed by atoms with Crippen molar-refractivity contribution in [2.45, 2.75) is 24.6 Å². The maximum atomic E-state index is 13.0. The monoisotopic (exact) mass is 530 g/mol. The number of alkyl halides is 3. The Kier molecular flexibility index (Phi) is 7.30. The van der Waals surface area contributed by atoms with Gasteiger partial charge >= 0.3 is 6.36 Å². The minimum absolute atomic E-state index is 0.0220. The van der Waals surface area contributed by atoms with E-state index in [2.05, 4.69) is 20.3 Å². The number of hydrogen-bond acceptors (Lipinski definition) is 6. The van der Waals surface area contributed by atoms with E-state index in [1.807, 2.05) is 0 Å². The number of benzene rings is 3. The lowest BCUT2D eigenvalue weighted by molar-refractivity contribution is -0.274. The van der Waals surface area contributed by atoms with Crippen molar-refractivity contribution >= 4 is 21.4 Å². The fourth-order valence-electron chi connectivity index (χ4n) is 3.62. The molecule has 0 radical (unpaired) electrons. The lowest BCUT2D eigenvalue weighted by Crippen LogP contribution is -2.18. The van der Waals surface area contributed by atoms with E-state index in [4.69, 9.17) is 0 Å². The normalized spacial score (nSPS) is 11.8. The third kappa shape index (κ3) is 6.33. The molecule has 0 saturated carbocycles. The first-order valence-corrected chi connectivity index (χ1v) is 12.7. The molecule has 1 N–H and O–H groups in total. The zero-order chi connectivity index (χ0) is 26.6. The van der Waals surface area contributed by atoms with Crippen molar-refractivity contribution in [3.8, 4) is 22.6 Å². The van der Waals surface area contributed by atoms with Crippen LogP contribution in [-0.4, -0.2) is 41.4 Å². The minimum Gasteiger partial charge on any atom is -0.405 e. The summed E-state index contributed by atoms with van der Waals surface area (Å²) in [6, 6.07) is 16.4. The molecular weight excluding hydrogens is 509 g/mol. The molecule has 1 heterocycles. The number of rotatable bonds is 8. The topological polar surface area (TPSA) is 103 Å². The maximum absolute atomic E-state index is 13.0. The van der Waals surface area contributed by atoms with Crippen LogP contribution in [0.5, 0.6) is 5.75 Å². The quantitative estimate of drug-likeness (QED) is 0.351. The number of carbonyl (C=O) groups is 1. The summed E-state index contributed by atoms with van der Waals surface area (Å²) < 4.78 is 67.0. The fourth-order valence-corrected chi connectivity index (χ4v) is 4.50. The molecule has 12 heteroatoms. The molecule has 4 rings (SSSR count). The van der Waals surface area contributed by atoms with Gasteiger partial charge in [0.25, 0.3) is 0 Å². The third-order valence-corrected chi connectivity index (χ3v) is 7.10. The smallest absolute Gasteiger partial charge is 0.405 e. The van der Waals surface area contributed by atoms with Gasteiger partial charge in [0.2, 0.25) is 5.91 Å². The predicted octanol–water partition coefficient (Wildman–Crippen LogP) is 4.81. The molecule has 1 aromatic heterocycles. The first-order chi connectivity index (χ1) is 17.6. The summed E-state index contributed by atoms with van der Waals surface area (Å²) in [6.07, 6.45) is -2.08. The van der Waals surface area contributed by atoms with E-state index >= 15 is 0 Å². The maximum Gasteiger partial charge on any atom is 0.573 e. The predicted molar refractivity (Wildman–Crippen MR) is 130 cm³/mol. The van der Waals surface area contributed by atoms with Gasteiger partial charge in [0.05, 0.1) is 35.2 Å². The van der Waals surface area contributed by atoms with E-state index in [9.17, 15) is 26.4 Å². The molecule has 0 aliphatic rings. The van der Waals surface area contributed by atoms with Gasteiger partial charge in [-0.25, -0.2) is 8.42 Å². The van der Waals surface area contributed by atoms with Crippen molar-refractivity contribution in [3.63, 3.8) is 0 Å². The molecule has 0 bridgehead atoms. The van der Waals surface area contributed by atoms with Gasteiger partial charge in [-0.1, -0.05) is 37.3 Å². The van der Waals surface area contributed by atoms with E-state index in [1.54, 1.807) is 31.2 Å². The van der Waals surface area contributed by atoms with Gasteiger partial charge in [0.1, 0.15) is 5.75 Å². The molecule has 37 heavy (non-hydrogen) atoms. The van der Waals surface area contributed by atoms with E-state index in [0.717, 1.165) is 0 Å². The first-order valence-electron chi connectivity index (χ1n) is 11.0.